The Kier molecular flexibility index (Phi) is 5.68. The van der Waals surface area contributed by atoms with Crippen LogP contribution >= 0.6 is 11.3 Å². The minimum atomic E-state index is -1.16. The van der Waals surface area contributed by atoms with Crippen LogP contribution in [0.25, 0.3) is 21.3 Å². The largest absolute Gasteiger partial charge is 0.479 e. The summed E-state index contributed by atoms with van der Waals surface area (Å²) in [5, 5.41) is 17.9. The van der Waals surface area contributed by atoms with Crippen molar-refractivity contribution in [2.45, 2.75) is 39.7 Å². The van der Waals surface area contributed by atoms with Gasteiger partial charge in [-0.25, -0.2) is 19.2 Å². The number of fused-ring (bicyclic) bond motifs is 1. The van der Waals surface area contributed by atoms with Gasteiger partial charge in [0.2, 0.25) is 0 Å². The van der Waals surface area contributed by atoms with Gasteiger partial charge in [-0.1, -0.05) is 0 Å². The molecule has 0 unspecified atom stereocenters. The van der Waals surface area contributed by atoms with Gasteiger partial charge in [0.15, 0.2) is 5.54 Å². The highest BCUT2D eigenvalue weighted by Gasteiger charge is 2.30. The summed E-state index contributed by atoms with van der Waals surface area (Å²) in [6.45, 7) is 7.80. The predicted molar refractivity (Wildman–Crippen MR) is 124 cm³/mol. The third-order valence-corrected chi connectivity index (χ3v) is 6.87. The molecule has 2 N–H and O–H groups in total. The van der Waals surface area contributed by atoms with Gasteiger partial charge in [0, 0.05) is 33.9 Å². The molecule has 0 bridgehead atoms. The number of benzene rings is 1. The average molecular weight is 454 g/mol. The lowest BCUT2D eigenvalue weighted by molar-refractivity contribution is -0.146. The fourth-order valence-corrected chi connectivity index (χ4v) is 4.74. The number of aromatic nitrogens is 4. The third-order valence-electron chi connectivity index (χ3n) is 5.57. The van der Waals surface area contributed by atoms with Crippen molar-refractivity contribution in [3.05, 3.63) is 58.7 Å². The second-order valence-electron chi connectivity index (χ2n) is 8.24. The molecule has 7 nitrogen and oxygen atoms in total. The first-order chi connectivity index (χ1) is 15.2. The SMILES string of the molecule is Cc1sc2c(C)cc(F)cc2c1CCNc1cc(-c2cnn(C(C)(C)C(=O)O)c2)ncn1. The fourth-order valence-electron chi connectivity index (χ4n) is 3.59. The summed E-state index contributed by atoms with van der Waals surface area (Å²) in [6.07, 6.45) is 5.45. The lowest BCUT2D eigenvalue weighted by Gasteiger charge is -2.19. The quantitative estimate of drug-likeness (QED) is 0.418. The van der Waals surface area contributed by atoms with Gasteiger partial charge in [-0.05, 0) is 62.8 Å². The number of hydrogen-bond donors (Lipinski definition) is 2. The lowest BCUT2D eigenvalue weighted by Crippen LogP contribution is -2.35. The molecule has 166 valence electrons. The van der Waals surface area contributed by atoms with E-state index in [1.807, 2.05) is 6.92 Å². The number of rotatable bonds is 7. The van der Waals surface area contributed by atoms with Gasteiger partial charge in [-0.2, -0.15) is 5.10 Å². The van der Waals surface area contributed by atoms with Gasteiger partial charge in [-0.15, -0.1) is 11.3 Å². The Balaban J connectivity index is 1.49. The molecule has 3 aromatic heterocycles. The topological polar surface area (TPSA) is 92.9 Å². The number of aliphatic carboxylic acids is 1. The van der Waals surface area contributed by atoms with Crippen LogP contribution in [-0.2, 0) is 16.8 Å². The molecule has 0 saturated heterocycles. The molecular formula is C23H24FN5O2S. The third kappa shape index (κ3) is 4.08. The van der Waals surface area contributed by atoms with E-state index in [9.17, 15) is 14.3 Å². The van der Waals surface area contributed by atoms with E-state index >= 15 is 0 Å². The summed E-state index contributed by atoms with van der Waals surface area (Å²) in [6, 6.07) is 4.99. The Morgan fingerprint density at radius 2 is 2.03 bits per heavy atom. The highest BCUT2D eigenvalue weighted by molar-refractivity contribution is 7.19. The van der Waals surface area contributed by atoms with Crippen LogP contribution in [0.5, 0.6) is 0 Å². The number of aryl methyl sites for hydroxylation is 2. The Bertz CT molecular complexity index is 1310. The number of carbonyl (C=O) groups is 1. The maximum atomic E-state index is 13.9. The molecular weight excluding hydrogens is 429 g/mol. The van der Waals surface area contributed by atoms with Crippen molar-refractivity contribution in [1.29, 1.82) is 0 Å². The number of carboxylic acids is 1. The number of anilines is 1. The normalized spacial score (nSPS) is 11.8. The zero-order chi connectivity index (χ0) is 23.0. The molecule has 0 saturated carbocycles. The molecule has 0 amide bonds. The van der Waals surface area contributed by atoms with Crippen molar-refractivity contribution < 1.29 is 14.3 Å². The van der Waals surface area contributed by atoms with Crippen LogP contribution in [0.3, 0.4) is 0 Å². The van der Waals surface area contributed by atoms with Gasteiger partial charge in [0.05, 0.1) is 11.9 Å². The van der Waals surface area contributed by atoms with E-state index in [1.165, 1.54) is 15.9 Å². The lowest BCUT2D eigenvalue weighted by atomic mass is 10.1. The van der Waals surface area contributed by atoms with Crippen molar-refractivity contribution in [1.82, 2.24) is 19.7 Å². The maximum Gasteiger partial charge on any atom is 0.331 e. The number of halogens is 1. The molecule has 32 heavy (non-hydrogen) atoms. The van der Waals surface area contributed by atoms with Crippen LogP contribution in [0.2, 0.25) is 0 Å². The van der Waals surface area contributed by atoms with Crippen molar-refractivity contribution >= 4 is 33.2 Å². The van der Waals surface area contributed by atoms with E-state index in [-0.39, 0.29) is 5.82 Å². The van der Waals surface area contributed by atoms with E-state index in [2.05, 4.69) is 27.3 Å². The highest BCUT2D eigenvalue weighted by Crippen LogP contribution is 2.34. The monoisotopic (exact) mass is 453 g/mol. The Hall–Kier alpha value is -3.33. The number of carboxylic acid groups (broad SMARTS) is 1. The molecule has 0 aliphatic carbocycles. The molecule has 4 aromatic rings. The fraction of sp³-hybridized carbons (Fsp3) is 0.304. The number of thiophene rings is 1. The first-order valence-corrected chi connectivity index (χ1v) is 11.0. The van der Waals surface area contributed by atoms with Gasteiger partial charge in [0.25, 0.3) is 0 Å². The average Bonchev–Trinajstić information content (AvgIpc) is 3.35. The first kappa shape index (κ1) is 21.9. The Morgan fingerprint density at radius 1 is 1.25 bits per heavy atom. The number of hydrogen-bond acceptors (Lipinski definition) is 6. The first-order valence-electron chi connectivity index (χ1n) is 10.2. The molecule has 1 aromatic carbocycles. The zero-order valence-corrected chi connectivity index (χ0v) is 19.1. The van der Waals surface area contributed by atoms with Crippen LogP contribution in [-0.4, -0.2) is 37.4 Å². The summed E-state index contributed by atoms with van der Waals surface area (Å²) in [4.78, 5) is 21.2. The van der Waals surface area contributed by atoms with Gasteiger partial charge >= 0.3 is 5.97 Å². The van der Waals surface area contributed by atoms with Crippen molar-refractivity contribution in [3.8, 4) is 11.3 Å². The summed E-state index contributed by atoms with van der Waals surface area (Å²) >= 11 is 1.70. The van der Waals surface area contributed by atoms with E-state index in [1.54, 1.807) is 55.8 Å². The Labute approximate surface area is 189 Å². The van der Waals surface area contributed by atoms with Crippen LogP contribution in [0.15, 0.2) is 36.9 Å². The molecule has 0 aliphatic heterocycles. The molecule has 0 atom stereocenters. The molecule has 4 rings (SSSR count). The van der Waals surface area contributed by atoms with Gasteiger partial charge in [0.1, 0.15) is 18.0 Å². The van der Waals surface area contributed by atoms with Crippen molar-refractivity contribution in [3.63, 3.8) is 0 Å². The van der Waals surface area contributed by atoms with Crippen LogP contribution < -0.4 is 5.32 Å². The smallest absolute Gasteiger partial charge is 0.331 e. The van der Waals surface area contributed by atoms with Crippen molar-refractivity contribution in [2.75, 3.05) is 11.9 Å². The summed E-state index contributed by atoms with van der Waals surface area (Å²) < 4.78 is 16.5. The van der Waals surface area contributed by atoms with E-state index < -0.39 is 11.5 Å². The van der Waals surface area contributed by atoms with E-state index in [0.717, 1.165) is 27.6 Å². The standard InChI is InChI=1S/C23H24FN5O2S/c1-13-7-16(24)8-18-17(14(2)32-21(13)18)5-6-25-20-9-19(26-12-27-20)15-10-28-29(11-15)23(3,4)22(30)31/h7-12H,5-6H2,1-4H3,(H,30,31)(H,25,26,27). The van der Waals surface area contributed by atoms with Crippen LogP contribution in [0.1, 0.15) is 29.9 Å². The van der Waals surface area contributed by atoms with Crippen molar-refractivity contribution in [2.24, 2.45) is 0 Å². The molecule has 0 fully saturated rings. The van der Waals surface area contributed by atoms with Crippen LogP contribution in [0, 0.1) is 19.7 Å². The van der Waals surface area contributed by atoms with E-state index in [4.69, 9.17) is 0 Å². The predicted octanol–water partition coefficient (Wildman–Crippen LogP) is 4.79. The van der Waals surface area contributed by atoms with Gasteiger partial charge < -0.3 is 10.4 Å². The van der Waals surface area contributed by atoms with Gasteiger partial charge in [-0.3, -0.25) is 4.68 Å². The highest BCUT2D eigenvalue weighted by atomic mass is 32.1. The molecule has 0 aliphatic rings. The number of nitrogens with one attached hydrogen (secondary N) is 1. The summed E-state index contributed by atoms with van der Waals surface area (Å²) in [7, 11) is 0. The minimum Gasteiger partial charge on any atom is -0.479 e. The summed E-state index contributed by atoms with van der Waals surface area (Å²) in [5.74, 6) is -0.530. The molecule has 3 heterocycles. The second kappa shape index (κ2) is 8.31. The van der Waals surface area contributed by atoms with E-state index in [0.29, 0.717) is 23.6 Å². The second-order valence-corrected chi connectivity index (χ2v) is 9.46. The maximum absolute atomic E-state index is 13.9. The minimum absolute atomic E-state index is 0.214. The zero-order valence-electron chi connectivity index (χ0n) is 18.3. The number of nitrogens with zero attached hydrogens (tertiary/aromatic N) is 4. The van der Waals surface area contributed by atoms with Crippen LogP contribution in [0.4, 0.5) is 10.2 Å². The molecule has 0 radical (unpaired) electrons. The molecule has 9 heteroatoms. The Morgan fingerprint density at radius 3 is 2.78 bits per heavy atom. The summed E-state index contributed by atoms with van der Waals surface area (Å²) in [5.41, 5.74) is 2.29. The molecule has 0 spiro atoms.